The fourth-order valence-corrected chi connectivity index (χ4v) is 4.89. The third kappa shape index (κ3) is 3.46. The first-order chi connectivity index (χ1) is 8.79. The summed E-state index contributed by atoms with van der Waals surface area (Å²) in [6.07, 6.45) is -0.0902. The minimum absolute atomic E-state index is 0.0451. The monoisotopic (exact) mass is 291 g/mol. The maximum absolute atomic E-state index is 12.7. The third-order valence-electron chi connectivity index (χ3n) is 3.56. The maximum Gasteiger partial charge on any atom is 0.282 e. The molecule has 4 unspecified atom stereocenters. The van der Waals surface area contributed by atoms with Crippen LogP contribution < -0.4 is 5.32 Å². The summed E-state index contributed by atoms with van der Waals surface area (Å²) < 4.78 is 34.2. The van der Waals surface area contributed by atoms with Crippen molar-refractivity contribution in [1.82, 2.24) is 13.9 Å². The van der Waals surface area contributed by atoms with Crippen molar-refractivity contribution in [2.45, 2.75) is 52.0 Å². The first kappa shape index (κ1) is 15.2. The highest BCUT2D eigenvalue weighted by molar-refractivity contribution is 7.86. The molecule has 19 heavy (non-hydrogen) atoms. The van der Waals surface area contributed by atoms with E-state index < -0.39 is 10.2 Å². The van der Waals surface area contributed by atoms with E-state index in [0.717, 1.165) is 0 Å². The Morgan fingerprint density at radius 3 is 1.79 bits per heavy atom. The van der Waals surface area contributed by atoms with Crippen LogP contribution in [-0.2, 0) is 14.9 Å². The molecule has 0 radical (unpaired) electrons. The van der Waals surface area contributed by atoms with Gasteiger partial charge in [0.15, 0.2) is 0 Å². The molecule has 0 aliphatic carbocycles. The van der Waals surface area contributed by atoms with Gasteiger partial charge in [0.2, 0.25) is 0 Å². The fraction of sp³-hybridized carbons (Fsp3) is 1.00. The van der Waals surface area contributed by atoms with Crippen LogP contribution in [0.15, 0.2) is 0 Å². The van der Waals surface area contributed by atoms with Gasteiger partial charge in [-0.25, -0.2) is 0 Å². The fourth-order valence-electron chi connectivity index (χ4n) is 2.95. The van der Waals surface area contributed by atoms with Crippen molar-refractivity contribution in [2.24, 2.45) is 0 Å². The van der Waals surface area contributed by atoms with E-state index in [1.807, 2.05) is 27.7 Å². The van der Waals surface area contributed by atoms with E-state index in [-0.39, 0.29) is 24.3 Å². The van der Waals surface area contributed by atoms with E-state index in [1.165, 1.54) is 0 Å². The van der Waals surface area contributed by atoms with Crippen LogP contribution in [0.3, 0.4) is 0 Å². The number of hydrogen-bond acceptors (Lipinski definition) is 4. The zero-order chi connectivity index (χ0) is 14.2. The van der Waals surface area contributed by atoms with E-state index in [9.17, 15) is 8.42 Å². The van der Waals surface area contributed by atoms with Gasteiger partial charge in [0, 0.05) is 38.3 Å². The van der Waals surface area contributed by atoms with E-state index in [1.54, 1.807) is 8.61 Å². The summed E-state index contributed by atoms with van der Waals surface area (Å²) in [5, 5.41) is 3.35. The highest BCUT2D eigenvalue weighted by atomic mass is 32.2. The van der Waals surface area contributed by atoms with Crippen molar-refractivity contribution in [3.8, 4) is 0 Å². The number of rotatable bonds is 2. The predicted octanol–water partition coefficient (Wildman–Crippen LogP) is 0.0226. The van der Waals surface area contributed by atoms with Crippen LogP contribution in [0.1, 0.15) is 27.7 Å². The largest absolute Gasteiger partial charge is 0.373 e. The van der Waals surface area contributed by atoms with Crippen LogP contribution in [0, 0.1) is 0 Å². The number of hydrogen-bond donors (Lipinski definition) is 1. The zero-order valence-electron chi connectivity index (χ0n) is 12.2. The summed E-state index contributed by atoms with van der Waals surface area (Å²) in [5.74, 6) is 0. The molecule has 2 saturated heterocycles. The van der Waals surface area contributed by atoms with Crippen LogP contribution in [0.5, 0.6) is 0 Å². The lowest BCUT2D eigenvalue weighted by Gasteiger charge is -2.41. The van der Waals surface area contributed by atoms with Crippen molar-refractivity contribution in [3.05, 3.63) is 0 Å². The lowest BCUT2D eigenvalue weighted by atomic mass is 10.2. The molecule has 0 aromatic heterocycles. The van der Waals surface area contributed by atoms with E-state index >= 15 is 0 Å². The van der Waals surface area contributed by atoms with Gasteiger partial charge in [-0.15, -0.1) is 0 Å². The number of piperazine rings is 1. The molecule has 2 aliphatic rings. The summed E-state index contributed by atoms with van der Waals surface area (Å²) in [6.45, 7) is 9.83. The Labute approximate surface area is 116 Å². The summed E-state index contributed by atoms with van der Waals surface area (Å²) in [7, 11) is -3.37. The summed E-state index contributed by atoms with van der Waals surface area (Å²) in [4.78, 5) is 0. The SMILES string of the molecule is CC1CN(S(=O)(=O)N2CC(C)OC(C)C2)CC(C)N1. The number of ether oxygens (including phenoxy) is 1. The van der Waals surface area contributed by atoms with Crippen LogP contribution >= 0.6 is 0 Å². The van der Waals surface area contributed by atoms with Crippen molar-refractivity contribution >= 4 is 10.2 Å². The van der Waals surface area contributed by atoms with E-state index in [4.69, 9.17) is 4.74 Å². The van der Waals surface area contributed by atoms with Gasteiger partial charge >= 0.3 is 0 Å². The Morgan fingerprint density at radius 1 is 0.895 bits per heavy atom. The summed E-state index contributed by atoms with van der Waals surface area (Å²) in [5.41, 5.74) is 0. The summed E-state index contributed by atoms with van der Waals surface area (Å²) >= 11 is 0. The number of nitrogens with zero attached hydrogens (tertiary/aromatic N) is 2. The van der Waals surface area contributed by atoms with Gasteiger partial charge in [0.05, 0.1) is 12.2 Å². The zero-order valence-corrected chi connectivity index (χ0v) is 13.0. The maximum atomic E-state index is 12.7. The van der Waals surface area contributed by atoms with Gasteiger partial charge in [-0.05, 0) is 27.7 Å². The van der Waals surface area contributed by atoms with Gasteiger partial charge < -0.3 is 10.1 Å². The van der Waals surface area contributed by atoms with Crippen LogP contribution in [0.4, 0.5) is 0 Å². The molecule has 0 aromatic rings. The molecular formula is C12H25N3O3S. The highest BCUT2D eigenvalue weighted by Gasteiger charge is 2.37. The van der Waals surface area contributed by atoms with Crippen molar-refractivity contribution in [3.63, 3.8) is 0 Å². The molecule has 2 fully saturated rings. The molecule has 2 rings (SSSR count). The summed E-state index contributed by atoms with van der Waals surface area (Å²) in [6, 6.07) is 0.379. The lowest BCUT2D eigenvalue weighted by Crippen LogP contribution is -2.60. The molecule has 0 amide bonds. The van der Waals surface area contributed by atoms with Gasteiger partial charge in [0.25, 0.3) is 10.2 Å². The van der Waals surface area contributed by atoms with Gasteiger partial charge in [-0.2, -0.15) is 17.0 Å². The average molecular weight is 291 g/mol. The van der Waals surface area contributed by atoms with Gasteiger partial charge in [-0.1, -0.05) is 0 Å². The number of morpholine rings is 1. The Balaban J connectivity index is 2.12. The standard InChI is InChI=1S/C12H25N3O3S/c1-9-5-14(6-10(2)13-9)19(16,17)15-7-11(3)18-12(4)8-15/h9-13H,5-8H2,1-4H3. The van der Waals surface area contributed by atoms with Crippen molar-refractivity contribution < 1.29 is 13.2 Å². The normalized spacial score (nSPS) is 39.4. The van der Waals surface area contributed by atoms with Crippen molar-refractivity contribution in [1.29, 1.82) is 0 Å². The topological polar surface area (TPSA) is 61.9 Å². The van der Waals surface area contributed by atoms with Crippen molar-refractivity contribution in [2.75, 3.05) is 26.2 Å². The van der Waals surface area contributed by atoms with Gasteiger partial charge in [-0.3, -0.25) is 0 Å². The Hall–Kier alpha value is -0.210. The van der Waals surface area contributed by atoms with Gasteiger partial charge in [0.1, 0.15) is 0 Å². The molecule has 7 heteroatoms. The smallest absolute Gasteiger partial charge is 0.282 e. The average Bonchev–Trinajstić information content (AvgIpc) is 2.26. The van der Waals surface area contributed by atoms with E-state index in [0.29, 0.717) is 26.2 Å². The third-order valence-corrected chi connectivity index (χ3v) is 5.46. The Morgan fingerprint density at radius 2 is 1.32 bits per heavy atom. The highest BCUT2D eigenvalue weighted by Crippen LogP contribution is 2.19. The molecular weight excluding hydrogens is 266 g/mol. The molecule has 0 spiro atoms. The molecule has 112 valence electrons. The molecule has 0 aromatic carbocycles. The minimum Gasteiger partial charge on any atom is -0.373 e. The number of nitrogens with one attached hydrogen (secondary N) is 1. The molecule has 1 N–H and O–H groups in total. The second kappa shape index (κ2) is 5.65. The molecule has 0 saturated carbocycles. The predicted molar refractivity (Wildman–Crippen MR) is 74.1 cm³/mol. The molecule has 6 nitrogen and oxygen atoms in total. The van der Waals surface area contributed by atoms with Crippen LogP contribution in [0.2, 0.25) is 0 Å². The second-order valence-corrected chi connectivity index (χ2v) is 7.80. The first-order valence-electron chi connectivity index (χ1n) is 6.95. The Bertz CT molecular complexity index is 362. The Kier molecular flexibility index (Phi) is 4.52. The van der Waals surface area contributed by atoms with E-state index in [2.05, 4.69) is 5.32 Å². The van der Waals surface area contributed by atoms with Crippen LogP contribution in [0.25, 0.3) is 0 Å². The second-order valence-electron chi connectivity index (χ2n) is 5.87. The lowest BCUT2D eigenvalue weighted by molar-refractivity contribution is -0.0457. The molecule has 0 bridgehead atoms. The quantitative estimate of drug-likeness (QED) is 0.779. The minimum atomic E-state index is -3.37. The molecule has 2 aliphatic heterocycles. The van der Waals surface area contributed by atoms with Crippen LogP contribution in [-0.4, -0.2) is 67.5 Å². The molecule has 2 heterocycles. The molecule has 4 atom stereocenters. The first-order valence-corrected chi connectivity index (χ1v) is 8.35.